The van der Waals surface area contributed by atoms with Crippen LogP contribution < -0.4 is 5.32 Å². The van der Waals surface area contributed by atoms with Crippen molar-refractivity contribution in [2.45, 2.75) is 38.9 Å². The van der Waals surface area contributed by atoms with Crippen molar-refractivity contribution in [3.63, 3.8) is 0 Å². The van der Waals surface area contributed by atoms with E-state index in [0.717, 1.165) is 23.3 Å². The Balaban J connectivity index is 1.70. The van der Waals surface area contributed by atoms with Crippen molar-refractivity contribution in [1.82, 2.24) is 10.2 Å². The summed E-state index contributed by atoms with van der Waals surface area (Å²) in [7, 11) is 0. The van der Waals surface area contributed by atoms with Gasteiger partial charge in [-0.2, -0.15) is 13.2 Å². The van der Waals surface area contributed by atoms with E-state index >= 15 is 0 Å². The third-order valence-electron chi connectivity index (χ3n) is 5.50. The maximum atomic E-state index is 12.9. The number of likely N-dealkylation sites (tertiary alicyclic amines) is 1. The zero-order chi connectivity index (χ0) is 21.9. The van der Waals surface area contributed by atoms with Crippen molar-refractivity contribution in [1.29, 1.82) is 0 Å². The number of amides is 2. The van der Waals surface area contributed by atoms with Crippen molar-refractivity contribution in [2.75, 3.05) is 13.1 Å². The first kappa shape index (κ1) is 21.9. The van der Waals surface area contributed by atoms with Crippen molar-refractivity contribution in [2.24, 2.45) is 5.92 Å². The lowest BCUT2D eigenvalue weighted by Gasteiger charge is -2.37. The predicted octanol–water partition coefficient (Wildman–Crippen LogP) is 4.28. The lowest BCUT2D eigenvalue weighted by molar-refractivity contribution is -0.137. The maximum absolute atomic E-state index is 12.9. The number of benzene rings is 2. The Morgan fingerprint density at radius 3 is 2.50 bits per heavy atom. The van der Waals surface area contributed by atoms with Crippen LogP contribution in [0.5, 0.6) is 0 Å². The highest BCUT2D eigenvalue weighted by Crippen LogP contribution is 2.32. The quantitative estimate of drug-likeness (QED) is 0.806. The molecule has 2 aromatic rings. The number of carbonyl (C=O) groups excluding carboxylic acids is 2. The molecule has 2 amide bonds. The van der Waals surface area contributed by atoms with Crippen LogP contribution in [0.2, 0.25) is 0 Å². The summed E-state index contributed by atoms with van der Waals surface area (Å²) in [5.74, 6) is -0.732. The van der Waals surface area contributed by atoms with Gasteiger partial charge in [0.15, 0.2) is 0 Å². The van der Waals surface area contributed by atoms with Crippen LogP contribution in [0.25, 0.3) is 0 Å². The highest BCUT2D eigenvalue weighted by atomic mass is 19.4. The highest BCUT2D eigenvalue weighted by molar-refractivity contribution is 5.81. The van der Waals surface area contributed by atoms with Gasteiger partial charge in [0.25, 0.3) is 0 Å². The molecule has 30 heavy (non-hydrogen) atoms. The Bertz CT molecular complexity index is 927. The van der Waals surface area contributed by atoms with Crippen LogP contribution in [0.1, 0.15) is 41.5 Å². The summed E-state index contributed by atoms with van der Waals surface area (Å²) in [6.45, 7) is 4.35. The fourth-order valence-corrected chi connectivity index (χ4v) is 3.90. The van der Waals surface area contributed by atoms with Crippen LogP contribution in [-0.4, -0.2) is 29.8 Å². The third-order valence-corrected chi connectivity index (χ3v) is 5.50. The second-order valence-electron chi connectivity index (χ2n) is 7.88. The van der Waals surface area contributed by atoms with E-state index in [1.165, 1.54) is 13.0 Å². The molecule has 0 saturated carbocycles. The first-order valence-corrected chi connectivity index (χ1v) is 9.89. The molecular formula is C23H25F3N2O2. The van der Waals surface area contributed by atoms with Crippen LogP contribution in [0.3, 0.4) is 0 Å². The summed E-state index contributed by atoms with van der Waals surface area (Å²) in [6.07, 6.45) is -3.84. The lowest BCUT2D eigenvalue weighted by Crippen LogP contribution is -2.47. The van der Waals surface area contributed by atoms with Gasteiger partial charge in [-0.1, -0.05) is 42.0 Å². The zero-order valence-electron chi connectivity index (χ0n) is 17.0. The minimum absolute atomic E-state index is 0.00837. The average Bonchev–Trinajstić information content (AvgIpc) is 2.71. The molecule has 1 heterocycles. The summed E-state index contributed by atoms with van der Waals surface area (Å²) in [6, 6.07) is 12.9. The molecule has 7 heteroatoms. The van der Waals surface area contributed by atoms with E-state index < -0.39 is 17.7 Å². The number of aryl methyl sites for hydroxylation is 1. The smallest absolute Gasteiger partial charge is 0.352 e. The first-order valence-electron chi connectivity index (χ1n) is 9.89. The number of nitrogens with one attached hydrogen (secondary N) is 1. The van der Waals surface area contributed by atoms with E-state index in [2.05, 4.69) is 11.4 Å². The second kappa shape index (κ2) is 8.90. The molecule has 1 N–H and O–H groups in total. The van der Waals surface area contributed by atoms with Crippen LogP contribution in [-0.2, 0) is 22.3 Å². The lowest BCUT2D eigenvalue weighted by atomic mass is 9.83. The van der Waals surface area contributed by atoms with Crippen LogP contribution in [0.15, 0.2) is 48.5 Å². The van der Waals surface area contributed by atoms with Gasteiger partial charge >= 0.3 is 6.18 Å². The summed E-state index contributed by atoms with van der Waals surface area (Å²) < 4.78 is 38.7. The van der Waals surface area contributed by atoms with E-state index in [1.807, 2.05) is 25.1 Å². The van der Waals surface area contributed by atoms with Crippen molar-refractivity contribution in [3.8, 4) is 0 Å². The summed E-state index contributed by atoms with van der Waals surface area (Å²) in [5, 5.41) is 2.75. The zero-order valence-corrected chi connectivity index (χ0v) is 17.0. The molecule has 0 aliphatic carbocycles. The molecule has 1 aliphatic rings. The van der Waals surface area contributed by atoms with Gasteiger partial charge in [-0.3, -0.25) is 9.59 Å². The number of carbonyl (C=O) groups is 2. The van der Waals surface area contributed by atoms with Crippen molar-refractivity contribution < 1.29 is 22.8 Å². The van der Waals surface area contributed by atoms with E-state index in [4.69, 9.17) is 0 Å². The van der Waals surface area contributed by atoms with Crippen LogP contribution >= 0.6 is 0 Å². The van der Waals surface area contributed by atoms with E-state index in [-0.39, 0.29) is 24.3 Å². The topological polar surface area (TPSA) is 49.4 Å². The number of hydrogen-bond acceptors (Lipinski definition) is 2. The number of alkyl halides is 3. The number of hydrogen-bond donors (Lipinski definition) is 1. The molecule has 2 unspecified atom stereocenters. The minimum atomic E-state index is -4.42. The number of nitrogens with zero attached hydrogens (tertiary/aromatic N) is 1. The monoisotopic (exact) mass is 418 g/mol. The van der Waals surface area contributed by atoms with Gasteiger partial charge in [0.05, 0.1) is 11.5 Å². The molecule has 3 rings (SSSR count). The average molecular weight is 418 g/mol. The fraction of sp³-hybridized carbons (Fsp3) is 0.391. The largest absolute Gasteiger partial charge is 0.416 e. The molecule has 4 nitrogen and oxygen atoms in total. The Hall–Kier alpha value is -2.83. The van der Waals surface area contributed by atoms with Crippen molar-refractivity contribution in [3.05, 3.63) is 70.8 Å². The first-order chi connectivity index (χ1) is 14.1. The Morgan fingerprint density at radius 2 is 1.83 bits per heavy atom. The molecule has 1 saturated heterocycles. The Morgan fingerprint density at radius 1 is 1.10 bits per heavy atom. The molecule has 0 bridgehead atoms. The molecule has 0 spiro atoms. The highest BCUT2D eigenvalue weighted by Gasteiger charge is 2.34. The van der Waals surface area contributed by atoms with Gasteiger partial charge in [0.2, 0.25) is 11.8 Å². The molecule has 2 atom stereocenters. The van der Waals surface area contributed by atoms with E-state index in [0.29, 0.717) is 25.1 Å². The van der Waals surface area contributed by atoms with Crippen LogP contribution in [0.4, 0.5) is 13.2 Å². The molecule has 0 aromatic heterocycles. The van der Waals surface area contributed by atoms with Gasteiger partial charge in [-0.15, -0.1) is 0 Å². The molecule has 2 aromatic carbocycles. The van der Waals surface area contributed by atoms with Gasteiger partial charge < -0.3 is 10.2 Å². The number of halogens is 3. The summed E-state index contributed by atoms with van der Waals surface area (Å²) in [5.41, 5.74) is 1.83. The number of rotatable bonds is 4. The van der Waals surface area contributed by atoms with Gasteiger partial charge in [-0.05, 0) is 36.6 Å². The summed E-state index contributed by atoms with van der Waals surface area (Å²) >= 11 is 0. The van der Waals surface area contributed by atoms with E-state index in [9.17, 15) is 22.8 Å². The predicted molar refractivity (Wildman–Crippen MR) is 108 cm³/mol. The molecule has 1 fully saturated rings. The molecule has 1 aliphatic heterocycles. The SMILES string of the molecule is CC(=O)N1CC(C(=O)NCc2cccc(C(F)(F)F)c2)CC(c2cccc(C)c2)C1. The van der Waals surface area contributed by atoms with Gasteiger partial charge in [0, 0.05) is 32.5 Å². The molecular weight excluding hydrogens is 393 g/mol. The molecule has 160 valence electrons. The summed E-state index contributed by atoms with van der Waals surface area (Å²) in [4.78, 5) is 26.5. The van der Waals surface area contributed by atoms with Crippen LogP contribution in [0, 0.1) is 12.8 Å². The number of piperidine rings is 1. The maximum Gasteiger partial charge on any atom is 0.416 e. The minimum Gasteiger partial charge on any atom is -0.352 e. The fourth-order valence-electron chi connectivity index (χ4n) is 3.90. The second-order valence-corrected chi connectivity index (χ2v) is 7.88. The standard InChI is InChI=1S/C23H25F3N2O2/c1-15-5-3-7-18(9-15)19-11-20(14-28(13-19)16(2)29)22(30)27-12-17-6-4-8-21(10-17)23(24,25)26/h3-10,19-20H,11-14H2,1-2H3,(H,27,30). The Labute approximate surface area is 174 Å². The molecule has 0 radical (unpaired) electrons. The van der Waals surface area contributed by atoms with E-state index in [1.54, 1.807) is 11.0 Å². The Kier molecular flexibility index (Phi) is 6.48. The van der Waals surface area contributed by atoms with Gasteiger partial charge in [0.1, 0.15) is 0 Å². The third kappa shape index (κ3) is 5.40. The van der Waals surface area contributed by atoms with Gasteiger partial charge in [-0.25, -0.2) is 0 Å². The normalized spacial score (nSPS) is 19.4. The van der Waals surface area contributed by atoms with Crippen molar-refractivity contribution >= 4 is 11.8 Å².